The number of allylic oxidation sites excluding steroid dienone is 1. The van der Waals surface area contributed by atoms with Crippen LogP contribution in [0.1, 0.15) is 5.56 Å². The Kier molecular flexibility index (Phi) is 5.54. The number of nitrogens with one attached hydrogen (secondary N) is 2. The number of aromatic nitrogens is 5. The summed E-state index contributed by atoms with van der Waals surface area (Å²) in [7, 11) is 0. The summed E-state index contributed by atoms with van der Waals surface area (Å²) in [5.41, 5.74) is 3.37. The zero-order valence-corrected chi connectivity index (χ0v) is 17.3. The van der Waals surface area contributed by atoms with Gasteiger partial charge in [0.05, 0.1) is 25.1 Å². The van der Waals surface area contributed by atoms with Crippen molar-refractivity contribution < 1.29 is 4.74 Å². The number of rotatable bonds is 6. The fourth-order valence-electron chi connectivity index (χ4n) is 3.53. The lowest BCUT2D eigenvalue weighted by Crippen LogP contribution is -2.37. The molecule has 1 fully saturated rings. The van der Waals surface area contributed by atoms with E-state index in [1.165, 1.54) is 0 Å². The van der Waals surface area contributed by atoms with Gasteiger partial charge in [0.15, 0.2) is 5.65 Å². The van der Waals surface area contributed by atoms with Crippen LogP contribution >= 0.6 is 0 Å². The Hall–Kier alpha value is -4.11. The van der Waals surface area contributed by atoms with E-state index in [0.717, 1.165) is 24.5 Å². The number of nitrogens with zero attached hydrogens (tertiary/aromatic N) is 6. The molecule has 0 spiro atoms. The standard InChI is InChI=1S/C23H22N8O/c24-18(17-4-2-1-3-5-17)6-7-27-21-15-23(30-10-12-32-13-11-30)31-22(28-21)14-19(29-31)20-16-25-8-9-26-20/h1-9,14-16,24H,10-13H2,(H,27,28)/b7-6-,24-18?. The fourth-order valence-corrected chi connectivity index (χ4v) is 3.53. The van der Waals surface area contributed by atoms with Crippen LogP contribution in [0.4, 0.5) is 11.6 Å². The molecule has 5 rings (SSSR count). The lowest BCUT2D eigenvalue weighted by molar-refractivity contribution is 0.122. The summed E-state index contributed by atoms with van der Waals surface area (Å²) in [6, 6.07) is 13.5. The van der Waals surface area contributed by atoms with E-state index in [9.17, 15) is 0 Å². The highest BCUT2D eigenvalue weighted by Gasteiger charge is 2.18. The van der Waals surface area contributed by atoms with Crippen LogP contribution in [-0.2, 0) is 4.74 Å². The van der Waals surface area contributed by atoms with Crippen LogP contribution in [0.2, 0.25) is 0 Å². The zero-order chi connectivity index (χ0) is 21.8. The summed E-state index contributed by atoms with van der Waals surface area (Å²) >= 11 is 0. The molecule has 1 aliphatic rings. The van der Waals surface area contributed by atoms with Crippen molar-refractivity contribution in [3.8, 4) is 11.4 Å². The molecule has 0 bridgehead atoms. The molecular formula is C23H22N8O. The van der Waals surface area contributed by atoms with Gasteiger partial charge in [-0.2, -0.15) is 9.61 Å². The second kappa shape index (κ2) is 8.94. The highest BCUT2D eigenvalue weighted by Crippen LogP contribution is 2.24. The minimum absolute atomic E-state index is 0.418. The van der Waals surface area contributed by atoms with Crippen molar-refractivity contribution in [3.05, 3.63) is 78.9 Å². The minimum Gasteiger partial charge on any atom is -0.378 e. The molecule has 9 heteroatoms. The predicted molar refractivity (Wildman–Crippen MR) is 123 cm³/mol. The number of benzene rings is 1. The second-order valence-electron chi connectivity index (χ2n) is 7.25. The molecule has 0 aliphatic carbocycles. The molecule has 32 heavy (non-hydrogen) atoms. The van der Waals surface area contributed by atoms with Gasteiger partial charge < -0.3 is 20.4 Å². The Morgan fingerprint density at radius 3 is 2.69 bits per heavy atom. The minimum atomic E-state index is 0.418. The number of hydrogen-bond donors (Lipinski definition) is 2. The number of ether oxygens (including phenoxy) is 1. The molecule has 0 radical (unpaired) electrons. The average molecular weight is 426 g/mol. The number of fused-ring (bicyclic) bond motifs is 1. The molecule has 0 saturated carbocycles. The Balaban J connectivity index is 1.47. The van der Waals surface area contributed by atoms with Crippen molar-refractivity contribution in [1.82, 2.24) is 24.6 Å². The van der Waals surface area contributed by atoms with Gasteiger partial charge in [0.25, 0.3) is 0 Å². The summed E-state index contributed by atoms with van der Waals surface area (Å²) in [4.78, 5) is 15.4. The molecule has 1 aliphatic heterocycles. The maximum absolute atomic E-state index is 8.23. The first kappa shape index (κ1) is 19.8. The topological polar surface area (TPSA) is 104 Å². The van der Waals surface area contributed by atoms with Crippen molar-refractivity contribution >= 4 is 23.0 Å². The quantitative estimate of drug-likeness (QED) is 0.457. The van der Waals surface area contributed by atoms with Crippen molar-refractivity contribution in [3.63, 3.8) is 0 Å². The Morgan fingerprint density at radius 2 is 1.91 bits per heavy atom. The normalized spacial score (nSPS) is 14.2. The average Bonchev–Trinajstić information content (AvgIpc) is 3.29. The number of hydrogen-bond acceptors (Lipinski definition) is 8. The molecule has 0 amide bonds. The van der Waals surface area contributed by atoms with Gasteiger partial charge in [0.1, 0.15) is 23.0 Å². The monoisotopic (exact) mass is 426 g/mol. The van der Waals surface area contributed by atoms with Crippen LogP contribution in [-0.4, -0.2) is 56.6 Å². The molecule has 1 aromatic carbocycles. The van der Waals surface area contributed by atoms with Gasteiger partial charge in [0, 0.05) is 43.8 Å². The molecule has 0 atom stereocenters. The molecule has 2 N–H and O–H groups in total. The van der Waals surface area contributed by atoms with Crippen LogP contribution in [0, 0.1) is 5.41 Å². The first-order valence-electron chi connectivity index (χ1n) is 10.3. The summed E-state index contributed by atoms with van der Waals surface area (Å²) in [6.45, 7) is 2.87. The van der Waals surface area contributed by atoms with Gasteiger partial charge in [0.2, 0.25) is 0 Å². The molecule has 1 saturated heterocycles. The van der Waals surface area contributed by atoms with Crippen LogP contribution in [0.15, 0.2) is 73.3 Å². The van der Waals surface area contributed by atoms with Crippen molar-refractivity contribution in [2.24, 2.45) is 0 Å². The van der Waals surface area contributed by atoms with Gasteiger partial charge in [-0.05, 0) is 11.6 Å². The summed E-state index contributed by atoms with van der Waals surface area (Å²) in [5.74, 6) is 1.59. The molecule has 4 heterocycles. The van der Waals surface area contributed by atoms with Crippen molar-refractivity contribution in [2.75, 3.05) is 36.5 Å². The second-order valence-corrected chi connectivity index (χ2v) is 7.25. The van der Waals surface area contributed by atoms with Gasteiger partial charge in [-0.15, -0.1) is 0 Å². The van der Waals surface area contributed by atoms with Gasteiger partial charge in [-0.1, -0.05) is 30.3 Å². The predicted octanol–water partition coefficient (Wildman–Crippen LogP) is 3.02. The first-order valence-corrected chi connectivity index (χ1v) is 10.3. The third-order valence-corrected chi connectivity index (χ3v) is 5.14. The third-order valence-electron chi connectivity index (χ3n) is 5.14. The largest absolute Gasteiger partial charge is 0.378 e. The van der Waals surface area contributed by atoms with E-state index in [-0.39, 0.29) is 0 Å². The maximum Gasteiger partial charge on any atom is 0.160 e. The van der Waals surface area contributed by atoms with E-state index in [2.05, 4.69) is 20.2 Å². The highest BCUT2D eigenvalue weighted by atomic mass is 16.5. The summed E-state index contributed by atoms with van der Waals surface area (Å²) in [5, 5.41) is 16.2. The lowest BCUT2D eigenvalue weighted by atomic mass is 10.1. The smallest absolute Gasteiger partial charge is 0.160 e. The summed E-state index contributed by atoms with van der Waals surface area (Å²) in [6.07, 6.45) is 8.43. The van der Waals surface area contributed by atoms with E-state index in [1.807, 2.05) is 47.0 Å². The SMILES string of the molecule is N=C(/C=C\Nc1cc(N2CCOCC2)n2nc(-c3cnccn3)cc2n1)c1ccccc1. The maximum atomic E-state index is 8.23. The molecule has 4 aromatic rings. The van der Waals surface area contributed by atoms with Gasteiger partial charge >= 0.3 is 0 Å². The Morgan fingerprint density at radius 1 is 1.06 bits per heavy atom. The van der Waals surface area contributed by atoms with Crippen molar-refractivity contribution in [1.29, 1.82) is 5.41 Å². The van der Waals surface area contributed by atoms with E-state index in [1.54, 1.807) is 30.9 Å². The molecular weight excluding hydrogens is 404 g/mol. The number of morpholine rings is 1. The van der Waals surface area contributed by atoms with E-state index in [0.29, 0.717) is 41.8 Å². The highest BCUT2D eigenvalue weighted by molar-refractivity contribution is 6.06. The Labute approximate surface area is 184 Å². The fraction of sp³-hybridized carbons (Fsp3) is 0.174. The van der Waals surface area contributed by atoms with E-state index < -0.39 is 0 Å². The molecule has 0 unspecified atom stereocenters. The first-order chi connectivity index (χ1) is 15.8. The van der Waals surface area contributed by atoms with Gasteiger partial charge in [-0.25, -0.2) is 4.98 Å². The molecule has 9 nitrogen and oxygen atoms in total. The number of anilines is 2. The van der Waals surface area contributed by atoms with Crippen LogP contribution in [0.3, 0.4) is 0 Å². The zero-order valence-electron chi connectivity index (χ0n) is 17.3. The lowest BCUT2D eigenvalue weighted by Gasteiger charge is -2.29. The molecule has 3 aromatic heterocycles. The Bertz CT molecular complexity index is 1250. The van der Waals surface area contributed by atoms with Gasteiger partial charge in [-0.3, -0.25) is 9.97 Å². The van der Waals surface area contributed by atoms with Crippen LogP contribution in [0.5, 0.6) is 0 Å². The van der Waals surface area contributed by atoms with E-state index >= 15 is 0 Å². The van der Waals surface area contributed by atoms with Crippen LogP contribution < -0.4 is 10.2 Å². The molecule has 160 valence electrons. The third kappa shape index (κ3) is 4.19. The summed E-state index contributed by atoms with van der Waals surface area (Å²) < 4.78 is 7.35. The van der Waals surface area contributed by atoms with Crippen LogP contribution in [0.25, 0.3) is 17.0 Å². The van der Waals surface area contributed by atoms with E-state index in [4.69, 9.17) is 20.2 Å². The van der Waals surface area contributed by atoms with Crippen molar-refractivity contribution in [2.45, 2.75) is 0 Å².